The molecule has 0 amide bonds. The van der Waals surface area contributed by atoms with Crippen molar-refractivity contribution in [1.29, 1.82) is 0 Å². The summed E-state index contributed by atoms with van der Waals surface area (Å²) in [5, 5.41) is 2.40. The molecule has 0 aliphatic carbocycles. The van der Waals surface area contributed by atoms with Gasteiger partial charge in [-0.05, 0) is 24.1 Å². The Balaban J connectivity index is 2.52. The summed E-state index contributed by atoms with van der Waals surface area (Å²) in [7, 11) is -0.733. The summed E-state index contributed by atoms with van der Waals surface area (Å²) in [6, 6.07) is 14.5. The van der Waals surface area contributed by atoms with Crippen molar-refractivity contribution >= 4 is 30.9 Å². The normalized spacial score (nSPS) is 12.5. The van der Waals surface area contributed by atoms with Gasteiger partial charge in [0.05, 0.1) is 10.8 Å². The average Bonchev–Trinajstić information content (AvgIpc) is 2.64. The Morgan fingerprint density at radius 1 is 1.00 bits per heavy atom. The third-order valence-electron chi connectivity index (χ3n) is 3.05. The van der Waals surface area contributed by atoms with E-state index in [0.717, 1.165) is 15.8 Å². The van der Waals surface area contributed by atoms with Crippen molar-refractivity contribution in [3.8, 4) is 0 Å². The number of aryl methyl sites for hydroxylation is 1. The average molecular weight is 229 g/mol. The number of benzene rings is 2. The summed E-state index contributed by atoms with van der Waals surface area (Å²) in [5.74, 6) is 0. The Hall–Kier alpha value is -1.38. The first-order valence-electron chi connectivity index (χ1n) is 5.47. The number of fused-ring (bicyclic) bond motifs is 3. The molecule has 0 radical (unpaired) electrons. The standard InChI is InChI=1S/C14H13OS/c1-2-10-7-8-14-12(9-10)11-5-3-4-6-13(11)16(14)15/h3-9,15H,2H2,1H3/q+1. The predicted molar refractivity (Wildman–Crippen MR) is 70.6 cm³/mol. The van der Waals surface area contributed by atoms with E-state index in [2.05, 4.69) is 31.2 Å². The molecule has 0 saturated carbocycles. The molecule has 0 saturated heterocycles. The zero-order valence-corrected chi connectivity index (χ0v) is 9.92. The summed E-state index contributed by atoms with van der Waals surface area (Å²) in [6.07, 6.45) is 1.04. The highest BCUT2D eigenvalue weighted by atomic mass is 32.2. The van der Waals surface area contributed by atoms with E-state index >= 15 is 0 Å². The van der Waals surface area contributed by atoms with Gasteiger partial charge in [-0.1, -0.05) is 25.1 Å². The Kier molecular flexibility index (Phi) is 2.20. The van der Waals surface area contributed by atoms with Gasteiger partial charge in [0.25, 0.3) is 0 Å². The first-order valence-corrected chi connectivity index (χ1v) is 6.65. The van der Waals surface area contributed by atoms with Gasteiger partial charge in [-0.2, -0.15) is 4.55 Å². The van der Waals surface area contributed by atoms with E-state index in [4.69, 9.17) is 0 Å². The fourth-order valence-electron chi connectivity index (χ4n) is 2.15. The minimum absolute atomic E-state index is 0.733. The number of rotatable bonds is 1. The molecule has 1 nitrogen and oxygen atoms in total. The van der Waals surface area contributed by atoms with Crippen LogP contribution in [0.2, 0.25) is 0 Å². The summed E-state index contributed by atoms with van der Waals surface area (Å²) >= 11 is 0. The first-order chi connectivity index (χ1) is 7.81. The highest BCUT2D eigenvalue weighted by Crippen LogP contribution is 2.40. The fraction of sp³-hybridized carbons (Fsp3) is 0.143. The molecule has 3 aromatic rings. The maximum absolute atomic E-state index is 10.2. The second-order valence-electron chi connectivity index (χ2n) is 3.96. The van der Waals surface area contributed by atoms with E-state index in [1.165, 1.54) is 16.3 Å². The molecule has 0 aliphatic heterocycles. The van der Waals surface area contributed by atoms with E-state index in [1.54, 1.807) is 0 Å². The third kappa shape index (κ3) is 1.27. The third-order valence-corrected chi connectivity index (χ3v) is 4.59. The second kappa shape index (κ2) is 3.58. The molecule has 2 heteroatoms. The van der Waals surface area contributed by atoms with Crippen molar-refractivity contribution in [2.24, 2.45) is 0 Å². The van der Waals surface area contributed by atoms with Gasteiger partial charge in [-0.15, -0.1) is 0 Å². The SMILES string of the molecule is CCc1ccc2c(c1)c1ccccc1[s+]2O. The van der Waals surface area contributed by atoms with Crippen LogP contribution in [0.4, 0.5) is 0 Å². The summed E-state index contributed by atoms with van der Waals surface area (Å²) in [4.78, 5) is 0. The molecule has 16 heavy (non-hydrogen) atoms. The maximum Gasteiger partial charge on any atom is 0.218 e. The van der Waals surface area contributed by atoms with Crippen LogP contribution in [-0.4, -0.2) is 4.55 Å². The van der Waals surface area contributed by atoms with E-state index in [-0.39, 0.29) is 0 Å². The van der Waals surface area contributed by atoms with Crippen molar-refractivity contribution in [3.63, 3.8) is 0 Å². The van der Waals surface area contributed by atoms with Crippen LogP contribution in [0, 0.1) is 0 Å². The molecule has 3 rings (SSSR count). The largest absolute Gasteiger partial charge is 0.218 e. The Labute approximate surface area is 97.1 Å². The highest BCUT2D eigenvalue weighted by Gasteiger charge is 2.19. The lowest BCUT2D eigenvalue weighted by atomic mass is 10.1. The van der Waals surface area contributed by atoms with Crippen LogP contribution in [0.5, 0.6) is 0 Å². The fourth-order valence-corrected chi connectivity index (χ4v) is 3.56. The highest BCUT2D eigenvalue weighted by molar-refractivity contribution is 7.37. The number of hydrogen-bond acceptors (Lipinski definition) is 1. The maximum atomic E-state index is 10.2. The van der Waals surface area contributed by atoms with Crippen LogP contribution in [-0.2, 0) is 6.42 Å². The van der Waals surface area contributed by atoms with Crippen molar-refractivity contribution in [2.45, 2.75) is 13.3 Å². The molecule has 0 aliphatic rings. The minimum Gasteiger partial charge on any atom is -0.163 e. The van der Waals surface area contributed by atoms with Crippen LogP contribution >= 0.6 is 10.8 Å². The van der Waals surface area contributed by atoms with Crippen molar-refractivity contribution in [1.82, 2.24) is 0 Å². The van der Waals surface area contributed by atoms with Gasteiger partial charge in [0, 0.05) is 12.1 Å². The van der Waals surface area contributed by atoms with Gasteiger partial charge in [-0.25, -0.2) is 0 Å². The van der Waals surface area contributed by atoms with Gasteiger partial charge >= 0.3 is 0 Å². The van der Waals surface area contributed by atoms with E-state index in [0.29, 0.717) is 0 Å². The van der Waals surface area contributed by atoms with Gasteiger partial charge in [-0.3, -0.25) is 0 Å². The molecule has 0 fully saturated rings. The van der Waals surface area contributed by atoms with Crippen LogP contribution in [0.1, 0.15) is 12.5 Å². The van der Waals surface area contributed by atoms with Gasteiger partial charge in [0.15, 0.2) is 10.8 Å². The molecule has 1 atom stereocenters. The molecular formula is C14H13OS+. The smallest absolute Gasteiger partial charge is 0.163 e. The summed E-state index contributed by atoms with van der Waals surface area (Å²) < 4.78 is 12.4. The number of thiophene rings is 1. The lowest BCUT2D eigenvalue weighted by Gasteiger charge is -1.93. The van der Waals surface area contributed by atoms with Crippen LogP contribution in [0.25, 0.3) is 20.2 Å². The van der Waals surface area contributed by atoms with Crippen LogP contribution in [0.15, 0.2) is 42.5 Å². The van der Waals surface area contributed by atoms with Gasteiger partial charge < -0.3 is 0 Å². The van der Waals surface area contributed by atoms with Crippen molar-refractivity contribution < 1.29 is 4.55 Å². The quantitative estimate of drug-likeness (QED) is 0.612. The second-order valence-corrected chi connectivity index (χ2v) is 5.41. The first kappa shape index (κ1) is 9.82. The van der Waals surface area contributed by atoms with Crippen molar-refractivity contribution in [3.05, 3.63) is 48.0 Å². The van der Waals surface area contributed by atoms with E-state index < -0.39 is 10.8 Å². The molecule has 80 valence electrons. The summed E-state index contributed by atoms with van der Waals surface area (Å²) in [5.41, 5.74) is 1.33. The van der Waals surface area contributed by atoms with Crippen LogP contribution in [0.3, 0.4) is 0 Å². The van der Waals surface area contributed by atoms with Gasteiger partial charge in [0.1, 0.15) is 0 Å². The molecule has 0 spiro atoms. The lowest BCUT2D eigenvalue weighted by molar-refractivity contribution is 0.646. The monoisotopic (exact) mass is 229 g/mol. The van der Waals surface area contributed by atoms with Gasteiger partial charge in [0.2, 0.25) is 9.40 Å². The zero-order chi connectivity index (χ0) is 11.1. The molecular weight excluding hydrogens is 216 g/mol. The van der Waals surface area contributed by atoms with E-state index in [9.17, 15) is 4.55 Å². The molecule has 1 unspecified atom stereocenters. The Bertz CT molecular complexity index is 667. The topological polar surface area (TPSA) is 20.2 Å². The Morgan fingerprint density at radius 3 is 2.56 bits per heavy atom. The molecule has 2 aromatic carbocycles. The molecule has 1 heterocycles. The zero-order valence-electron chi connectivity index (χ0n) is 9.10. The van der Waals surface area contributed by atoms with Crippen molar-refractivity contribution in [2.75, 3.05) is 0 Å². The molecule has 1 aromatic heterocycles. The number of hydrogen-bond donors (Lipinski definition) is 1. The minimum atomic E-state index is -0.733. The lowest BCUT2D eigenvalue weighted by Crippen LogP contribution is -1.77. The Morgan fingerprint density at radius 2 is 1.75 bits per heavy atom. The van der Waals surface area contributed by atoms with E-state index in [1.807, 2.05) is 18.2 Å². The molecule has 0 bridgehead atoms. The predicted octanol–water partition coefficient (Wildman–Crippen LogP) is 4.44. The summed E-state index contributed by atoms with van der Waals surface area (Å²) in [6.45, 7) is 2.15. The van der Waals surface area contributed by atoms with Crippen LogP contribution < -0.4 is 0 Å². The molecule has 1 N–H and O–H groups in total.